The molecule has 4 aliphatic carbocycles. The lowest BCUT2D eigenvalue weighted by molar-refractivity contribution is 0.151. The summed E-state index contributed by atoms with van der Waals surface area (Å²) in [5.74, 6) is 1.59. The average Bonchev–Trinajstić information content (AvgIpc) is 3.85. The molecule has 0 saturated heterocycles. The lowest BCUT2D eigenvalue weighted by atomic mass is 9.68. The Kier molecular flexibility index (Phi) is 6.32. The van der Waals surface area contributed by atoms with Gasteiger partial charge in [-0.25, -0.2) is 0 Å². The fraction of sp³-hybridized carbons (Fsp3) is 0.176. The number of ether oxygens (including phenoxy) is 1. The van der Waals surface area contributed by atoms with Gasteiger partial charge in [0.2, 0.25) is 0 Å². The van der Waals surface area contributed by atoms with Gasteiger partial charge < -0.3 is 14.2 Å². The van der Waals surface area contributed by atoms with E-state index in [2.05, 4.69) is 180 Å². The first-order valence-corrected chi connectivity index (χ1v) is 19.7. The van der Waals surface area contributed by atoms with E-state index in [0.717, 1.165) is 25.0 Å². The normalized spacial score (nSPS) is 24.2. The average molecular weight is 697 g/mol. The van der Waals surface area contributed by atoms with Crippen LogP contribution in [0.1, 0.15) is 48.8 Å². The van der Waals surface area contributed by atoms with Crippen molar-refractivity contribution in [2.24, 2.45) is 5.92 Å². The minimum Gasteiger partial charge on any atom is -0.489 e. The molecule has 54 heavy (non-hydrogen) atoms. The molecule has 0 N–H and O–H groups in total. The molecule has 0 radical (unpaired) electrons. The first-order chi connectivity index (χ1) is 26.7. The molecule has 3 heteroatoms. The molecule has 3 nitrogen and oxygen atoms in total. The van der Waals surface area contributed by atoms with E-state index in [1.165, 1.54) is 77.1 Å². The van der Waals surface area contributed by atoms with Crippen molar-refractivity contribution in [2.75, 3.05) is 4.90 Å². The van der Waals surface area contributed by atoms with Crippen molar-refractivity contribution in [3.63, 3.8) is 0 Å². The van der Waals surface area contributed by atoms with E-state index < -0.39 is 0 Å². The first-order valence-electron chi connectivity index (χ1n) is 19.7. The molecular weight excluding hydrogens is 657 g/mol. The Balaban J connectivity index is 1.17. The molecular formula is C51H40N2O. The fourth-order valence-corrected chi connectivity index (χ4v) is 11.2. The minimum atomic E-state index is -0.137. The Hall–Kier alpha value is -6.06. The second kappa shape index (κ2) is 11.2. The maximum Gasteiger partial charge on any atom is 0.123 e. The molecule has 1 saturated carbocycles. The summed E-state index contributed by atoms with van der Waals surface area (Å²) >= 11 is 0. The highest BCUT2D eigenvalue weighted by Crippen LogP contribution is 2.59. The molecule has 2 heterocycles. The Bertz CT molecular complexity index is 2900. The molecule has 0 spiro atoms. The van der Waals surface area contributed by atoms with Crippen LogP contribution in [-0.2, 0) is 5.41 Å². The lowest BCUT2D eigenvalue weighted by Crippen LogP contribution is -2.44. The van der Waals surface area contributed by atoms with E-state index in [1.807, 2.05) is 0 Å². The Morgan fingerprint density at radius 3 is 2.50 bits per heavy atom. The smallest absolute Gasteiger partial charge is 0.123 e. The maximum absolute atomic E-state index is 6.79. The molecule has 0 bridgehead atoms. The molecule has 0 amide bonds. The van der Waals surface area contributed by atoms with Crippen molar-refractivity contribution < 1.29 is 4.74 Å². The molecule has 260 valence electrons. The van der Waals surface area contributed by atoms with Crippen molar-refractivity contribution in [1.82, 2.24) is 4.57 Å². The van der Waals surface area contributed by atoms with Crippen LogP contribution in [0.5, 0.6) is 5.75 Å². The number of rotatable bonds is 4. The SMILES string of the molecule is CC12C=CC=C3C=c4ccccc4=C(c4c(N(c5ccc6c7ccccc7n(-c7ccccc7)c6c5)C5CCCC6Oc7ccccc7C65)cccc41)C32. The highest BCUT2D eigenvalue weighted by molar-refractivity contribution is 6.10. The number of para-hydroxylation sites is 3. The van der Waals surface area contributed by atoms with Crippen molar-refractivity contribution in [2.45, 2.75) is 49.7 Å². The van der Waals surface area contributed by atoms with Gasteiger partial charge >= 0.3 is 0 Å². The van der Waals surface area contributed by atoms with Crippen LogP contribution in [0.3, 0.4) is 0 Å². The summed E-state index contributed by atoms with van der Waals surface area (Å²) in [7, 11) is 0. The lowest BCUT2D eigenvalue weighted by Gasteiger charge is -2.43. The van der Waals surface area contributed by atoms with Gasteiger partial charge in [0.05, 0.1) is 11.0 Å². The van der Waals surface area contributed by atoms with Crippen LogP contribution in [0.25, 0.3) is 39.1 Å². The summed E-state index contributed by atoms with van der Waals surface area (Å²) in [4.78, 5) is 2.76. The van der Waals surface area contributed by atoms with Crippen molar-refractivity contribution in [1.29, 1.82) is 0 Å². The summed E-state index contributed by atoms with van der Waals surface area (Å²) in [6, 6.07) is 52.2. The predicted molar refractivity (Wildman–Crippen MR) is 221 cm³/mol. The standard InChI is InChI=1S/C51H40N2O/c1-51-29-13-15-33-30-32-14-5-6-18-36(32)48(50(33)51)49-40(51)21-11-23-43(49)53(42-24-12-26-46-47(42)39-20-8-10-25-45(39)54-46)35-27-28-38-37-19-7-9-22-41(37)52(44(38)31-35)34-16-3-2-4-17-34/h2-11,13-23,25,27-31,42,46-47,50H,12,24,26H2,1H3. The third kappa shape index (κ3) is 4.07. The zero-order valence-electron chi connectivity index (χ0n) is 30.3. The van der Waals surface area contributed by atoms with Gasteiger partial charge in [0.25, 0.3) is 0 Å². The molecule has 1 aliphatic heterocycles. The quantitative estimate of drug-likeness (QED) is 0.182. The van der Waals surface area contributed by atoms with Crippen LogP contribution in [0.2, 0.25) is 0 Å². The summed E-state index contributed by atoms with van der Waals surface area (Å²) < 4.78 is 9.25. The molecule has 5 atom stereocenters. The molecule has 6 aromatic carbocycles. The molecule has 1 fully saturated rings. The number of hydrogen-bond acceptors (Lipinski definition) is 2. The molecule has 5 unspecified atom stereocenters. The van der Waals surface area contributed by atoms with Gasteiger partial charge in [0.1, 0.15) is 11.9 Å². The van der Waals surface area contributed by atoms with Crippen LogP contribution in [0.4, 0.5) is 11.4 Å². The van der Waals surface area contributed by atoms with Crippen LogP contribution in [0.15, 0.2) is 163 Å². The van der Waals surface area contributed by atoms with E-state index in [4.69, 9.17) is 4.74 Å². The van der Waals surface area contributed by atoms with Gasteiger partial charge in [0, 0.05) is 62.3 Å². The summed E-state index contributed by atoms with van der Waals surface area (Å²) in [5.41, 5.74) is 13.1. The number of nitrogens with zero attached hydrogens (tertiary/aromatic N) is 2. The Labute approximate surface area is 315 Å². The van der Waals surface area contributed by atoms with Crippen molar-refractivity contribution in [3.8, 4) is 11.4 Å². The zero-order valence-corrected chi connectivity index (χ0v) is 30.3. The Morgan fingerprint density at radius 2 is 1.56 bits per heavy atom. The third-order valence-corrected chi connectivity index (χ3v) is 13.3. The van der Waals surface area contributed by atoms with Crippen LogP contribution in [0, 0.1) is 5.92 Å². The van der Waals surface area contributed by atoms with Gasteiger partial charge in [-0.2, -0.15) is 0 Å². The monoisotopic (exact) mass is 696 g/mol. The molecule has 12 rings (SSSR count). The second-order valence-electron chi connectivity index (χ2n) is 16.1. The van der Waals surface area contributed by atoms with Crippen molar-refractivity contribution >= 4 is 44.8 Å². The number of hydrogen-bond donors (Lipinski definition) is 0. The van der Waals surface area contributed by atoms with E-state index >= 15 is 0 Å². The van der Waals surface area contributed by atoms with Gasteiger partial charge in [-0.3, -0.25) is 0 Å². The largest absolute Gasteiger partial charge is 0.489 e. The van der Waals surface area contributed by atoms with E-state index in [9.17, 15) is 0 Å². The fourth-order valence-electron chi connectivity index (χ4n) is 11.2. The number of aromatic nitrogens is 1. The van der Waals surface area contributed by atoms with E-state index in [1.54, 1.807) is 0 Å². The van der Waals surface area contributed by atoms with Crippen LogP contribution >= 0.6 is 0 Å². The van der Waals surface area contributed by atoms with Crippen LogP contribution in [-0.4, -0.2) is 16.7 Å². The topological polar surface area (TPSA) is 17.4 Å². The third-order valence-electron chi connectivity index (χ3n) is 13.3. The molecule has 5 aliphatic rings. The van der Waals surface area contributed by atoms with E-state index in [0.29, 0.717) is 0 Å². The second-order valence-corrected chi connectivity index (χ2v) is 16.1. The predicted octanol–water partition coefficient (Wildman–Crippen LogP) is 10.4. The summed E-state index contributed by atoms with van der Waals surface area (Å²) in [5, 5.41) is 5.23. The first kappa shape index (κ1) is 30.4. The van der Waals surface area contributed by atoms with Gasteiger partial charge in [-0.1, -0.05) is 128 Å². The highest BCUT2D eigenvalue weighted by Gasteiger charge is 2.51. The number of fused-ring (bicyclic) bond motifs is 10. The zero-order chi connectivity index (χ0) is 35.5. The summed E-state index contributed by atoms with van der Waals surface area (Å²) in [6.07, 6.45) is 13.0. The van der Waals surface area contributed by atoms with E-state index in [-0.39, 0.29) is 29.4 Å². The van der Waals surface area contributed by atoms with Crippen molar-refractivity contribution in [3.05, 3.63) is 190 Å². The number of benzene rings is 6. The molecule has 7 aromatic rings. The number of anilines is 2. The van der Waals surface area contributed by atoms with Crippen LogP contribution < -0.4 is 20.1 Å². The maximum atomic E-state index is 6.79. The summed E-state index contributed by atoms with van der Waals surface area (Å²) in [6.45, 7) is 2.46. The van der Waals surface area contributed by atoms with Gasteiger partial charge in [-0.05, 0) is 88.9 Å². The minimum absolute atomic E-state index is 0.137. The van der Waals surface area contributed by atoms with Gasteiger partial charge in [0.15, 0.2) is 0 Å². The number of allylic oxidation sites excluding steroid dienone is 4. The van der Waals surface area contributed by atoms with Gasteiger partial charge in [-0.15, -0.1) is 0 Å². The highest BCUT2D eigenvalue weighted by atomic mass is 16.5. The molecule has 1 aromatic heterocycles. The Morgan fingerprint density at radius 1 is 0.741 bits per heavy atom.